The number of ether oxygens (including phenoxy) is 1. The molecule has 1 aromatic heterocycles. The lowest BCUT2D eigenvalue weighted by atomic mass is 9.87. The van der Waals surface area contributed by atoms with Gasteiger partial charge >= 0.3 is 5.97 Å². The number of carboxylic acid groups (broad SMARTS) is 1. The highest BCUT2D eigenvalue weighted by atomic mass is 16.5. The maximum atomic E-state index is 11.9. The Kier molecular flexibility index (Phi) is 8.25. The lowest BCUT2D eigenvalue weighted by Crippen LogP contribution is -2.58. The molecule has 0 spiro atoms. The summed E-state index contributed by atoms with van der Waals surface area (Å²) in [4.78, 5) is 23.7. The monoisotopic (exact) mass is 439 g/mol. The second-order valence-corrected chi connectivity index (χ2v) is 8.21. The van der Waals surface area contributed by atoms with Crippen LogP contribution in [-0.2, 0) is 20.9 Å². The molecule has 0 saturated carbocycles. The number of hydrogen-bond acceptors (Lipinski definition) is 4. The van der Waals surface area contributed by atoms with Crippen LogP contribution in [0.15, 0.2) is 60.4 Å². The molecule has 7 nitrogen and oxygen atoms in total. The molecule has 2 aromatic rings. The van der Waals surface area contributed by atoms with Crippen LogP contribution in [0.25, 0.3) is 5.69 Å². The van der Waals surface area contributed by atoms with Gasteiger partial charge in [-0.15, -0.1) is 0 Å². The van der Waals surface area contributed by atoms with E-state index < -0.39 is 12.1 Å². The summed E-state index contributed by atoms with van der Waals surface area (Å²) < 4.78 is 8.26. The van der Waals surface area contributed by atoms with Crippen molar-refractivity contribution in [2.75, 3.05) is 0 Å². The van der Waals surface area contributed by atoms with Crippen LogP contribution >= 0.6 is 0 Å². The van der Waals surface area contributed by atoms with Crippen molar-refractivity contribution < 1.29 is 19.4 Å². The molecule has 0 unspecified atom stereocenters. The van der Waals surface area contributed by atoms with E-state index in [1.54, 1.807) is 6.08 Å². The number of carboxylic acids is 1. The van der Waals surface area contributed by atoms with E-state index in [0.717, 1.165) is 24.1 Å². The first-order chi connectivity index (χ1) is 15.4. The third-order valence-corrected chi connectivity index (χ3v) is 5.90. The number of carbonyl (C=O) groups excluding carboxylic acids is 1. The summed E-state index contributed by atoms with van der Waals surface area (Å²) in [7, 11) is 0. The first kappa shape index (κ1) is 23.8. The highest BCUT2D eigenvalue weighted by molar-refractivity contribution is 5.87. The van der Waals surface area contributed by atoms with Crippen LogP contribution in [0.2, 0.25) is 0 Å². The van der Waals surface area contributed by atoms with Gasteiger partial charge < -0.3 is 25.0 Å². The van der Waals surface area contributed by atoms with Gasteiger partial charge in [-0.3, -0.25) is 4.79 Å². The maximum absolute atomic E-state index is 11.9. The topological polar surface area (TPSA) is 92.6 Å². The minimum Gasteiger partial charge on any atom is -0.478 e. The summed E-state index contributed by atoms with van der Waals surface area (Å²) in [5, 5.41) is 16.1. The SMILES string of the molecule is CCC(CC)O[C@@H]1C=C(C(=O)O)C[C@H](NCc2ccc(-n3cccc3)cc2)[C@H]1NC(C)=O. The fourth-order valence-corrected chi connectivity index (χ4v) is 4.11. The van der Waals surface area contributed by atoms with Crippen molar-refractivity contribution in [1.29, 1.82) is 0 Å². The Morgan fingerprint density at radius 2 is 1.81 bits per heavy atom. The van der Waals surface area contributed by atoms with Crippen LogP contribution in [-0.4, -0.2) is 45.8 Å². The fourth-order valence-electron chi connectivity index (χ4n) is 4.11. The standard InChI is InChI=1S/C25H33N3O4/c1-4-21(5-2)32-23-15-19(25(30)31)14-22(24(23)27-17(3)29)26-16-18-8-10-20(11-9-18)28-12-6-7-13-28/h6-13,15,21-24,26H,4-5,14,16H2,1-3H3,(H,27,29)(H,30,31)/t22-,23+,24+/m0/s1. The Hall–Kier alpha value is -2.90. The van der Waals surface area contributed by atoms with Gasteiger partial charge in [-0.25, -0.2) is 4.79 Å². The van der Waals surface area contributed by atoms with Crippen LogP contribution in [0.5, 0.6) is 0 Å². The summed E-state index contributed by atoms with van der Waals surface area (Å²) >= 11 is 0. The third kappa shape index (κ3) is 6.08. The van der Waals surface area contributed by atoms with E-state index in [1.165, 1.54) is 6.92 Å². The number of carbonyl (C=O) groups is 2. The van der Waals surface area contributed by atoms with Gasteiger partial charge in [0, 0.05) is 43.2 Å². The molecular formula is C25H33N3O4. The van der Waals surface area contributed by atoms with E-state index in [4.69, 9.17) is 4.74 Å². The van der Waals surface area contributed by atoms with Gasteiger partial charge in [0.2, 0.25) is 5.91 Å². The number of aliphatic carboxylic acids is 1. The van der Waals surface area contributed by atoms with E-state index >= 15 is 0 Å². The number of benzene rings is 1. The predicted molar refractivity (Wildman–Crippen MR) is 124 cm³/mol. The van der Waals surface area contributed by atoms with Crippen molar-refractivity contribution >= 4 is 11.9 Å². The molecular weight excluding hydrogens is 406 g/mol. The van der Waals surface area contributed by atoms with Gasteiger partial charge in [0.15, 0.2) is 0 Å². The number of hydrogen-bond donors (Lipinski definition) is 3. The molecule has 3 atom stereocenters. The summed E-state index contributed by atoms with van der Waals surface area (Å²) in [6.07, 6.45) is 7.10. The van der Waals surface area contributed by atoms with Gasteiger partial charge in [0.05, 0.1) is 18.2 Å². The highest BCUT2D eigenvalue weighted by Gasteiger charge is 2.37. The summed E-state index contributed by atoms with van der Waals surface area (Å²) in [6.45, 7) is 6.11. The highest BCUT2D eigenvalue weighted by Crippen LogP contribution is 2.25. The third-order valence-electron chi connectivity index (χ3n) is 5.90. The lowest BCUT2D eigenvalue weighted by Gasteiger charge is -2.38. The van der Waals surface area contributed by atoms with Crippen molar-refractivity contribution in [1.82, 2.24) is 15.2 Å². The van der Waals surface area contributed by atoms with Gasteiger partial charge in [-0.1, -0.05) is 26.0 Å². The smallest absolute Gasteiger partial charge is 0.331 e. The zero-order chi connectivity index (χ0) is 23.1. The minimum absolute atomic E-state index is 0.00235. The first-order valence-corrected chi connectivity index (χ1v) is 11.2. The van der Waals surface area contributed by atoms with E-state index in [2.05, 4.69) is 10.6 Å². The number of nitrogens with zero attached hydrogens (tertiary/aromatic N) is 1. The molecule has 7 heteroatoms. The molecule has 3 rings (SSSR count). The average molecular weight is 440 g/mol. The molecule has 0 fully saturated rings. The molecule has 0 saturated heterocycles. The minimum atomic E-state index is -0.952. The molecule has 1 aliphatic rings. The molecule has 0 bridgehead atoms. The molecule has 0 radical (unpaired) electrons. The summed E-state index contributed by atoms with van der Waals surface area (Å²) in [5.74, 6) is -1.12. The summed E-state index contributed by atoms with van der Waals surface area (Å²) in [5.41, 5.74) is 2.46. The van der Waals surface area contributed by atoms with Gasteiger partial charge in [0.25, 0.3) is 0 Å². The Morgan fingerprint density at radius 3 is 2.38 bits per heavy atom. The van der Waals surface area contributed by atoms with E-state index in [0.29, 0.717) is 18.5 Å². The van der Waals surface area contributed by atoms with Crippen molar-refractivity contribution in [3.05, 3.63) is 66.0 Å². The Morgan fingerprint density at radius 1 is 1.16 bits per heavy atom. The molecule has 1 heterocycles. The van der Waals surface area contributed by atoms with E-state index in [9.17, 15) is 14.7 Å². The molecule has 32 heavy (non-hydrogen) atoms. The number of aromatic nitrogens is 1. The van der Waals surface area contributed by atoms with Gasteiger partial charge in [-0.2, -0.15) is 0 Å². The van der Waals surface area contributed by atoms with Crippen LogP contribution in [0.3, 0.4) is 0 Å². The second-order valence-electron chi connectivity index (χ2n) is 8.21. The molecule has 1 aliphatic carbocycles. The molecule has 1 aromatic carbocycles. The number of rotatable bonds is 10. The molecule has 0 aliphatic heterocycles. The van der Waals surface area contributed by atoms with Crippen LogP contribution < -0.4 is 10.6 Å². The number of amides is 1. The molecule has 1 amide bonds. The fraction of sp³-hybridized carbons (Fsp3) is 0.440. The first-order valence-electron chi connectivity index (χ1n) is 11.2. The van der Waals surface area contributed by atoms with Crippen LogP contribution in [0.1, 0.15) is 45.6 Å². The zero-order valence-electron chi connectivity index (χ0n) is 19.0. The van der Waals surface area contributed by atoms with Crippen molar-refractivity contribution in [2.45, 2.75) is 70.9 Å². The van der Waals surface area contributed by atoms with Crippen molar-refractivity contribution in [3.8, 4) is 5.69 Å². The van der Waals surface area contributed by atoms with E-state index in [1.807, 2.05) is 67.2 Å². The molecule has 172 valence electrons. The lowest BCUT2D eigenvalue weighted by molar-refractivity contribution is -0.133. The maximum Gasteiger partial charge on any atom is 0.331 e. The normalized spacial score (nSPS) is 20.8. The van der Waals surface area contributed by atoms with E-state index in [-0.39, 0.29) is 24.1 Å². The quantitative estimate of drug-likeness (QED) is 0.528. The Bertz CT molecular complexity index is 917. The number of nitrogens with one attached hydrogen (secondary N) is 2. The summed E-state index contributed by atoms with van der Waals surface area (Å²) in [6, 6.07) is 11.5. The Labute approximate surface area is 189 Å². The zero-order valence-corrected chi connectivity index (χ0v) is 19.0. The Balaban J connectivity index is 1.76. The van der Waals surface area contributed by atoms with Crippen LogP contribution in [0.4, 0.5) is 0 Å². The average Bonchev–Trinajstić information content (AvgIpc) is 3.32. The van der Waals surface area contributed by atoms with Gasteiger partial charge in [0.1, 0.15) is 0 Å². The van der Waals surface area contributed by atoms with Gasteiger partial charge in [-0.05, 0) is 55.2 Å². The predicted octanol–water partition coefficient (Wildman–Crippen LogP) is 3.43. The second kappa shape index (κ2) is 11.1. The van der Waals surface area contributed by atoms with Crippen LogP contribution in [0, 0.1) is 0 Å². The van der Waals surface area contributed by atoms with Crippen molar-refractivity contribution in [2.24, 2.45) is 0 Å². The largest absolute Gasteiger partial charge is 0.478 e. The van der Waals surface area contributed by atoms with Crippen molar-refractivity contribution in [3.63, 3.8) is 0 Å². The molecule has 3 N–H and O–H groups in total.